The van der Waals surface area contributed by atoms with Crippen molar-refractivity contribution in [1.82, 2.24) is 10.2 Å². The van der Waals surface area contributed by atoms with Crippen LogP contribution in [0.3, 0.4) is 0 Å². The molecule has 0 spiro atoms. The fraction of sp³-hybridized carbons (Fsp3) is 0.929. The predicted octanol–water partition coefficient (Wildman–Crippen LogP) is 2.27. The molecule has 0 aromatic heterocycles. The highest BCUT2D eigenvalue weighted by Crippen LogP contribution is 2.25. The molecule has 0 aromatic rings. The van der Waals surface area contributed by atoms with Gasteiger partial charge in [0.25, 0.3) is 0 Å². The molecule has 3 nitrogen and oxygen atoms in total. The predicted molar refractivity (Wildman–Crippen MR) is 71.9 cm³/mol. The minimum atomic E-state index is -0.417. The number of nitrogens with zero attached hydrogens (tertiary/aromatic N) is 1. The quantitative estimate of drug-likeness (QED) is 0.817. The maximum absolute atomic E-state index is 12.3. The van der Waals surface area contributed by atoms with Gasteiger partial charge in [0.2, 0.25) is 5.91 Å². The number of amides is 1. The second-order valence-electron chi connectivity index (χ2n) is 6.03. The maximum Gasteiger partial charge on any atom is 0.242 e. The van der Waals surface area contributed by atoms with Crippen LogP contribution in [0.5, 0.6) is 0 Å². The van der Waals surface area contributed by atoms with Gasteiger partial charge in [-0.25, -0.2) is 0 Å². The Morgan fingerprint density at radius 3 is 2.29 bits per heavy atom. The van der Waals surface area contributed by atoms with E-state index in [-0.39, 0.29) is 5.91 Å². The van der Waals surface area contributed by atoms with Gasteiger partial charge in [0.05, 0.1) is 5.54 Å². The average molecular weight is 240 g/mol. The van der Waals surface area contributed by atoms with Crippen LogP contribution in [0.4, 0.5) is 0 Å². The SMILES string of the molecule is CCNC(C)(C)C(=O)N1CCC(C(C)C)CC1. The molecule has 3 heteroatoms. The highest BCUT2D eigenvalue weighted by atomic mass is 16.2. The smallest absolute Gasteiger partial charge is 0.242 e. The first-order valence-electron chi connectivity index (χ1n) is 6.93. The van der Waals surface area contributed by atoms with Gasteiger partial charge < -0.3 is 10.2 Å². The molecule has 1 heterocycles. The van der Waals surface area contributed by atoms with E-state index in [0.29, 0.717) is 0 Å². The first kappa shape index (κ1) is 14.5. The molecule has 1 aliphatic rings. The molecule has 100 valence electrons. The highest BCUT2D eigenvalue weighted by Gasteiger charge is 2.33. The lowest BCUT2D eigenvalue weighted by atomic mass is 9.86. The van der Waals surface area contributed by atoms with Crippen molar-refractivity contribution < 1.29 is 4.79 Å². The van der Waals surface area contributed by atoms with Crippen LogP contribution in [0.25, 0.3) is 0 Å². The summed E-state index contributed by atoms with van der Waals surface area (Å²) >= 11 is 0. The molecule has 1 aliphatic heterocycles. The fourth-order valence-electron chi connectivity index (χ4n) is 2.68. The van der Waals surface area contributed by atoms with Crippen molar-refractivity contribution in [2.75, 3.05) is 19.6 Å². The van der Waals surface area contributed by atoms with Gasteiger partial charge >= 0.3 is 0 Å². The molecule has 17 heavy (non-hydrogen) atoms. The van der Waals surface area contributed by atoms with Crippen molar-refractivity contribution in [3.8, 4) is 0 Å². The Hall–Kier alpha value is -0.570. The van der Waals surface area contributed by atoms with Gasteiger partial charge in [-0.05, 0) is 45.1 Å². The fourth-order valence-corrected chi connectivity index (χ4v) is 2.68. The summed E-state index contributed by atoms with van der Waals surface area (Å²) in [6, 6.07) is 0. The molecule has 1 fully saturated rings. The zero-order valence-electron chi connectivity index (χ0n) is 12.0. The molecule has 0 aromatic carbocycles. The van der Waals surface area contributed by atoms with E-state index in [1.165, 1.54) is 0 Å². The van der Waals surface area contributed by atoms with Crippen molar-refractivity contribution >= 4 is 5.91 Å². The van der Waals surface area contributed by atoms with Crippen molar-refractivity contribution in [2.45, 2.75) is 53.0 Å². The normalized spacial score (nSPS) is 18.8. The Balaban J connectivity index is 2.51. The molecular formula is C14H28N2O. The lowest BCUT2D eigenvalue weighted by molar-refractivity contribution is -0.138. The van der Waals surface area contributed by atoms with Crippen molar-refractivity contribution in [3.63, 3.8) is 0 Å². The van der Waals surface area contributed by atoms with Crippen molar-refractivity contribution in [2.24, 2.45) is 11.8 Å². The number of rotatable bonds is 4. The highest BCUT2D eigenvalue weighted by molar-refractivity contribution is 5.85. The molecule has 1 rings (SSSR count). The maximum atomic E-state index is 12.3. The molecular weight excluding hydrogens is 212 g/mol. The van der Waals surface area contributed by atoms with E-state index < -0.39 is 5.54 Å². The van der Waals surface area contributed by atoms with Crippen LogP contribution in [0.15, 0.2) is 0 Å². The van der Waals surface area contributed by atoms with E-state index in [2.05, 4.69) is 19.2 Å². The molecule has 0 bridgehead atoms. The summed E-state index contributed by atoms with van der Waals surface area (Å²) in [4.78, 5) is 14.4. The van der Waals surface area contributed by atoms with Crippen LogP contribution in [0.2, 0.25) is 0 Å². The Morgan fingerprint density at radius 2 is 1.88 bits per heavy atom. The van der Waals surface area contributed by atoms with Gasteiger partial charge in [-0.1, -0.05) is 20.8 Å². The third-order valence-corrected chi connectivity index (χ3v) is 3.92. The van der Waals surface area contributed by atoms with E-state index in [1.807, 2.05) is 25.7 Å². The summed E-state index contributed by atoms with van der Waals surface area (Å²) in [6.45, 7) is 13.3. The molecule has 1 N–H and O–H groups in total. The van der Waals surface area contributed by atoms with Crippen molar-refractivity contribution in [3.05, 3.63) is 0 Å². The van der Waals surface area contributed by atoms with E-state index >= 15 is 0 Å². The van der Waals surface area contributed by atoms with Gasteiger partial charge in [-0.2, -0.15) is 0 Å². The zero-order chi connectivity index (χ0) is 13.1. The number of likely N-dealkylation sites (tertiary alicyclic amines) is 1. The van der Waals surface area contributed by atoms with E-state index in [9.17, 15) is 4.79 Å². The summed E-state index contributed by atoms with van der Waals surface area (Å²) in [5.41, 5.74) is -0.417. The molecule has 0 saturated carbocycles. The topological polar surface area (TPSA) is 32.3 Å². The van der Waals surface area contributed by atoms with Gasteiger partial charge in [0, 0.05) is 13.1 Å². The summed E-state index contributed by atoms with van der Waals surface area (Å²) in [7, 11) is 0. The second-order valence-corrected chi connectivity index (χ2v) is 6.03. The van der Waals surface area contributed by atoms with E-state index in [0.717, 1.165) is 44.3 Å². The first-order chi connectivity index (χ1) is 7.88. The minimum absolute atomic E-state index is 0.251. The largest absolute Gasteiger partial charge is 0.341 e. The number of piperidine rings is 1. The van der Waals surface area contributed by atoms with Gasteiger partial charge in [-0.3, -0.25) is 4.79 Å². The Kier molecular flexibility index (Phi) is 4.99. The van der Waals surface area contributed by atoms with Crippen LogP contribution in [-0.2, 0) is 4.79 Å². The monoisotopic (exact) mass is 240 g/mol. The molecule has 0 atom stereocenters. The lowest BCUT2D eigenvalue weighted by Crippen LogP contribution is -2.55. The van der Waals surface area contributed by atoms with Crippen LogP contribution >= 0.6 is 0 Å². The van der Waals surface area contributed by atoms with Crippen LogP contribution < -0.4 is 5.32 Å². The average Bonchev–Trinajstić information content (AvgIpc) is 2.28. The lowest BCUT2D eigenvalue weighted by Gasteiger charge is -2.38. The zero-order valence-corrected chi connectivity index (χ0v) is 12.0. The third kappa shape index (κ3) is 3.70. The molecule has 1 amide bonds. The number of hydrogen-bond acceptors (Lipinski definition) is 2. The molecule has 0 radical (unpaired) electrons. The van der Waals surface area contributed by atoms with Crippen LogP contribution in [0.1, 0.15) is 47.5 Å². The van der Waals surface area contributed by atoms with Gasteiger partial charge in [0.1, 0.15) is 0 Å². The second kappa shape index (κ2) is 5.85. The number of carbonyl (C=O) groups excluding carboxylic acids is 1. The third-order valence-electron chi connectivity index (χ3n) is 3.92. The van der Waals surface area contributed by atoms with E-state index in [1.54, 1.807) is 0 Å². The minimum Gasteiger partial charge on any atom is -0.341 e. The first-order valence-corrected chi connectivity index (χ1v) is 6.93. The number of nitrogens with one attached hydrogen (secondary N) is 1. The Morgan fingerprint density at radius 1 is 1.35 bits per heavy atom. The summed E-state index contributed by atoms with van der Waals surface area (Å²) < 4.78 is 0. The van der Waals surface area contributed by atoms with Crippen molar-refractivity contribution in [1.29, 1.82) is 0 Å². The Labute approximate surface area is 106 Å². The summed E-state index contributed by atoms with van der Waals surface area (Å²) in [5, 5.41) is 3.26. The number of carbonyl (C=O) groups is 1. The van der Waals surface area contributed by atoms with Crippen LogP contribution in [0, 0.1) is 11.8 Å². The Bertz CT molecular complexity index is 253. The standard InChI is InChI=1S/C14H28N2O/c1-6-15-14(4,5)13(17)16-9-7-12(8-10-16)11(2)3/h11-12,15H,6-10H2,1-5H3. The number of hydrogen-bond donors (Lipinski definition) is 1. The summed E-state index contributed by atoms with van der Waals surface area (Å²) in [5.74, 6) is 1.79. The number of likely N-dealkylation sites (N-methyl/N-ethyl adjacent to an activating group) is 1. The molecule has 0 unspecified atom stereocenters. The van der Waals surface area contributed by atoms with Crippen LogP contribution in [-0.4, -0.2) is 36.0 Å². The van der Waals surface area contributed by atoms with Gasteiger partial charge in [0.15, 0.2) is 0 Å². The summed E-state index contributed by atoms with van der Waals surface area (Å²) in [6.07, 6.45) is 2.32. The van der Waals surface area contributed by atoms with E-state index in [4.69, 9.17) is 0 Å². The molecule has 0 aliphatic carbocycles. The molecule has 1 saturated heterocycles. The van der Waals surface area contributed by atoms with Gasteiger partial charge in [-0.15, -0.1) is 0 Å².